The molecule has 3 nitrogen and oxygen atoms in total. The lowest BCUT2D eigenvalue weighted by Gasteiger charge is -1.69. The Bertz CT molecular complexity index is 193. The van der Waals surface area contributed by atoms with Gasteiger partial charge in [0.05, 0.1) is 0 Å². The number of rotatable bonds is 1. The van der Waals surface area contributed by atoms with Gasteiger partial charge < -0.3 is 0 Å². The van der Waals surface area contributed by atoms with Crippen molar-refractivity contribution in [3.63, 3.8) is 0 Å². The van der Waals surface area contributed by atoms with Crippen LogP contribution in [0.2, 0.25) is 0 Å². The van der Waals surface area contributed by atoms with Gasteiger partial charge in [0.1, 0.15) is 5.01 Å². The van der Waals surface area contributed by atoms with Crippen molar-refractivity contribution in [1.29, 1.82) is 0 Å². The molecule has 0 spiro atoms. The van der Waals surface area contributed by atoms with Crippen LogP contribution in [0.5, 0.6) is 0 Å². The van der Waals surface area contributed by atoms with E-state index in [-0.39, 0.29) is 0 Å². The molecule has 0 radical (unpaired) electrons. The fourth-order valence-electron chi connectivity index (χ4n) is 0.350. The summed E-state index contributed by atoms with van der Waals surface area (Å²) in [6, 6.07) is 0. The summed E-state index contributed by atoms with van der Waals surface area (Å²) in [4.78, 5) is 3.59. The maximum Gasteiger partial charge on any atom is 0.230 e. The van der Waals surface area contributed by atoms with E-state index < -0.39 is 0 Å². The van der Waals surface area contributed by atoms with E-state index in [4.69, 9.17) is 0 Å². The molecule has 0 aliphatic heterocycles. The van der Waals surface area contributed by atoms with E-state index in [1.54, 1.807) is 0 Å². The van der Waals surface area contributed by atoms with Crippen LogP contribution < -0.4 is 0 Å². The van der Waals surface area contributed by atoms with Crippen molar-refractivity contribution in [3.8, 4) is 0 Å². The SMILES string of the molecule is C=Nc1nnc(C)s1. The van der Waals surface area contributed by atoms with E-state index in [2.05, 4.69) is 21.9 Å². The van der Waals surface area contributed by atoms with Crippen LogP contribution in [0.1, 0.15) is 5.01 Å². The van der Waals surface area contributed by atoms with E-state index in [0.717, 1.165) is 5.01 Å². The minimum absolute atomic E-state index is 0.641. The summed E-state index contributed by atoms with van der Waals surface area (Å²) < 4.78 is 0. The summed E-state index contributed by atoms with van der Waals surface area (Å²) in [6.45, 7) is 5.18. The molecule has 1 aromatic heterocycles. The molecule has 0 saturated carbocycles. The van der Waals surface area contributed by atoms with Crippen molar-refractivity contribution in [2.45, 2.75) is 6.92 Å². The third-order valence-electron chi connectivity index (χ3n) is 0.651. The largest absolute Gasteiger partial charge is 0.234 e. The average molecular weight is 127 g/mol. The summed E-state index contributed by atoms with van der Waals surface area (Å²) in [6.07, 6.45) is 0. The second-order valence-electron chi connectivity index (χ2n) is 1.26. The predicted molar refractivity (Wildman–Crippen MR) is 33.9 cm³/mol. The molecule has 0 amide bonds. The number of nitrogens with zero attached hydrogens (tertiary/aromatic N) is 3. The van der Waals surface area contributed by atoms with Gasteiger partial charge in [-0.1, -0.05) is 11.3 Å². The summed E-state index contributed by atoms with van der Waals surface area (Å²) in [7, 11) is 0. The van der Waals surface area contributed by atoms with Gasteiger partial charge in [-0.15, -0.1) is 10.2 Å². The quantitative estimate of drug-likeness (QED) is 0.531. The van der Waals surface area contributed by atoms with Crippen LogP contribution in [0, 0.1) is 6.92 Å². The van der Waals surface area contributed by atoms with Gasteiger partial charge in [-0.05, 0) is 13.6 Å². The Labute approximate surface area is 51.1 Å². The molecule has 0 aromatic carbocycles. The van der Waals surface area contributed by atoms with Crippen LogP contribution in [0.3, 0.4) is 0 Å². The first-order chi connectivity index (χ1) is 3.83. The Kier molecular flexibility index (Phi) is 1.34. The molecule has 0 aliphatic carbocycles. The van der Waals surface area contributed by atoms with Crippen LogP contribution in [-0.4, -0.2) is 16.9 Å². The van der Waals surface area contributed by atoms with Crippen molar-refractivity contribution in [1.82, 2.24) is 10.2 Å². The van der Waals surface area contributed by atoms with E-state index in [1.807, 2.05) is 6.92 Å². The van der Waals surface area contributed by atoms with Gasteiger partial charge in [0.15, 0.2) is 0 Å². The zero-order chi connectivity index (χ0) is 5.98. The fourth-order valence-corrected chi connectivity index (χ4v) is 0.842. The lowest BCUT2D eigenvalue weighted by molar-refractivity contribution is 1.05. The molecule has 0 aliphatic rings. The van der Waals surface area contributed by atoms with Gasteiger partial charge in [0, 0.05) is 0 Å². The van der Waals surface area contributed by atoms with E-state index in [1.165, 1.54) is 11.3 Å². The summed E-state index contributed by atoms with van der Waals surface area (Å²) >= 11 is 1.44. The second kappa shape index (κ2) is 2.00. The monoisotopic (exact) mass is 127 g/mol. The molecule has 4 heteroatoms. The van der Waals surface area contributed by atoms with Crippen LogP contribution >= 0.6 is 11.3 Å². The number of hydrogen-bond donors (Lipinski definition) is 0. The summed E-state index contributed by atoms with van der Waals surface area (Å²) in [5.41, 5.74) is 0. The number of aromatic nitrogens is 2. The molecule has 0 fully saturated rings. The first-order valence-corrected chi connectivity index (χ1v) is 2.91. The average Bonchev–Trinajstić information content (AvgIpc) is 2.14. The Morgan fingerprint density at radius 3 is 2.62 bits per heavy atom. The smallest absolute Gasteiger partial charge is 0.230 e. The molecule has 0 N–H and O–H groups in total. The first kappa shape index (κ1) is 5.37. The zero-order valence-electron chi connectivity index (χ0n) is 4.46. The highest BCUT2D eigenvalue weighted by Gasteiger charge is 1.92. The highest BCUT2D eigenvalue weighted by atomic mass is 32.1. The standard InChI is InChI=1S/C4H5N3S/c1-3-6-7-4(5-2)8-3/h2H2,1H3. The highest BCUT2D eigenvalue weighted by Crippen LogP contribution is 2.15. The molecule has 1 aromatic rings. The Balaban J connectivity index is 3.00. The number of aryl methyl sites for hydroxylation is 1. The molecular weight excluding hydrogens is 122 g/mol. The molecular formula is C4H5N3S. The van der Waals surface area contributed by atoms with Gasteiger partial charge in [0.25, 0.3) is 0 Å². The summed E-state index contributed by atoms with van der Waals surface area (Å²) in [5.74, 6) is 0. The Morgan fingerprint density at radius 1 is 1.62 bits per heavy atom. The van der Waals surface area contributed by atoms with Gasteiger partial charge in [-0.2, -0.15) is 0 Å². The van der Waals surface area contributed by atoms with Crippen LogP contribution in [0.4, 0.5) is 5.13 Å². The maximum absolute atomic E-state index is 3.72. The predicted octanol–water partition coefficient (Wildman–Crippen LogP) is 1.18. The van der Waals surface area contributed by atoms with Gasteiger partial charge in [-0.3, -0.25) is 0 Å². The van der Waals surface area contributed by atoms with Crippen LogP contribution in [-0.2, 0) is 0 Å². The molecule has 1 heterocycles. The second-order valence-corrected chi connectivity index (χ2v) is 2.42. The van der Waals surface area contributed by atoms with E-state index in [0.29, 0.717) is 5.13 Å². The maximum atomic E-state index is 3.72. The normalized spacial score (nSPS) is 9.12. The minimum Gasteiger partial charge on any atom is -0.234 e. The highest BCUT2D eigenvalue weighted by molar-refractivity contribution is 7.14. The minimum atomic E-state index is 0.641. The van der Waals surface area contributed by atoms with Crippen molar-refractivity contribution in [3.05, 3.63) is 5.01 Å². The van der Waals surface area contributed by atoms with Gasteiger partial charge in [0.2, 0.25) is 5.13 Å². The molecule has 0 atom stereocenters. The van der Waals surface area contributed by atoms with Crippen molar-refractivity contribution >= 4 is 23.2 Å². The third kappa shape index (κ3) is 0.894. The van der Waals surface area contributed by atoms with Crippen molar-refractivity contribution < 1.29 is 0 Å². The van der Waals surface area contributed by atoms with Gasteiger partial charge in [-0.25, -0.2) is 4.99 Å². The lowest BCUT2D eigenvalue weighted by Crippen LogP contribution is -1.65. The molecule has 0 bridgehead atoms. The van der Waals surface area contributed by atoms with Crippen molar-refractivity contribution in [2.75, 3.05) is 0 Å². The summed E-state index contributed by atoms with van der Waals surface area (Å²) in [5, 5.41) is 8.96. The topological polar surface area (TPSA) is 38.1 Å². The molecule has 0 unspecified atom stereocenters. The van der Waals surface area contributed by atoms with Gasteiger partial charge >= 0.3 is 0 Å². The number of aliphatic imine (C=N–C) groups is 1. The Morgan fingerprint density at radius 2 is 2.38 bits per heavy atom. The number of hydrogen-bond acceptors (Lipinski definition) is 4. The third-order valence-corrected chi connectivity index (χ3v) is 1.42. The van der Waals surface area contributed by atoms with Crippen molar-refractivity contribution in [2.24, 2.45) is 4.99 Å². The lowest BCUT2D eigenvalue weighted by atomic mass is 10.9. The fraction of sp³-hybridized carbons (Fsp3) is 0.250. The van der Waals surface area contributed by atoms with E-state index >= 15 is 0 Å². The Hall–Kier alpha value is -0.770. The zero-order valence-corrected chi connectivity index (χ0v) is 5.27. The van der Waals surface area contributed by atoms with Crippen LogP contribution in [0.25, 0.3) is 0 Å². The first-order valence-electron chi connectivity index (χ1n) is 2.10. The van der Waals surface area contributed by atoms with Crippen LogP contribution in [0.15, 0.2) is 4.99 Å². The van der Waals surface area contributed by atoms with E-state index in [9.17, 15) is 0 Å². The molecule has 42 valence electrons. The molecule has 1 rings (SSSR count). The molecule has 8 heavy (non-hydrogen) atoms. The molecule has 0 saturated heterocycles.